The second-order valence-corrected chi connectivity index (χ2v) is 17.0. The van der Waals surface area contributed by atoms with Crippen molar-refractivity contribution in [2.75, 3.05) is 13.2 Å². The summed E-state index contributed by atoms with van der Waals surface area (Å²) in [7, 11) is 0. The van der Waals surface area contributed by atoms with Crippen LogP contribution in [0.15, 0.2) is 121 Å². The molecule has 4 aromatic rings. The average molecular weight is 889 g/mol. The maximum atomic E-state index is 12.3. The van der Waals surface area contributed by atoms with Gasteiger partial charge in [-0.2, -0.15) is 0 Å². The fourth-order valence-corrected chi connectivity index (χ4v) is 8.65. The number of fused-ring (bicyclic) bond motifs is 1. The molecule has 0 aromatic heterocycles. The van der Waals surface area contributed by atoms with Crippen molar-refractivity contribution in [1.29, 1.82) is 0 Å². The zero-order valence-corrected chi connectivity index (χ0v) is 36.2. The molecule has 0 aliphatic carbocycles. The van der Waals surface area contributed by atoms with Gasteiger partial charge < -0.3 is 72.5 Å². The molecule has 4 saturated heterocycles. The molecule has 64 heavy (non-hydrogen) atoms. The summed E-state index contributed by atoms with van der Waals surface area (Å²) in [6.07, 6.45) is -16.6. The highest BCUT2D eigenvalue weighted by atomic mass is 16.8. The van der Waals surface area contributed by atoms with Gasteiger partial charge in [0.15, 0.2) is 24.7 Å². The maximum absolute atomic E-state index is 12.3. The molecule has 4 fully saturated rings. The molecule has 4 aliphatic heterocycles. The van der Waals surface area contributed by atoms with Crippen molar-refractivity contribution in [1.82, 2.24) is 0 Å². The van der Waals surface area contributed by atoms with Crippen LogP contribution in [-0.2, 0) is 78.5 Å². The Labute approximate surface area is 373 Å². The molecule has 0 amide bonds. The van der Waals surface area contributed by atoms with Gasteiger partial charge in [-0.05, 0) is 43.0 Å². The summed E-state index contributed by atoms with van der Waals surface area (Å²) in [6, 6.07) is 38.5. The minimum Gasteiger partial charge on any atom is -0.394 e. The topological polar surface area (TPSA) is 182 Å². The highest BCUT2D eigenvalue weighted by Crippen LogP contribution is 2.40. The highest BCUT2D eigenvalue weighted by Gasteiger charge is 2.58. The summed E-state index contributed by atoms with van der Waals surface area (Å²) in [4.78, 5) is 0. The summed E-state index contributed by atoms with van der Waals surface area (Å²) in [5.41, 5.74) is 3.58. The maximum Gasteiger partial charge on any atom is 0.187 e. The van der Waals surface area contributed by atoms with Gasteiger partial charge in [-0.15, -0.1) is 0 Å². The van der Waals surface area contributed by atoms with Crippen LogP contribution in [0, 0.1) is 0 Å². The van der Waals surface area contributed by atoms with Crippen LogP contribution in [0.4, 0.5) is 0 Å². The lowest BCUT2D eigenvalue weighted by atomic mass is 9.95. The molecular weight excluding hydrogens is 829 g/mol. The molecule has 0 spiro atoms. The first-order valence-electron chi connectivity index (χ1n) is 21.9. The first-order chi connectivity index (χ1) is 31.1. The van der Waals surface area contributed by atoms with E-state index in [0.29, 0.717) is 0 Å². The molecular formula is C49H60O15. The van der Waals surface area contributed by atoms with Crippen LogP contribution >= 0.6 is 0 Å². The Kier molecular flexibility index (Phi) is 15.9. The van der Waals surface area contributed by atoms with Crippen molar-refractivity contribution in [3.8, 4) is 0 Å². The molecule has 4 heterocycles. The lowest BCUT2D eigenvalue weighted by molar-refractivity contribution is -0.389. The predicted molar refractivity (Wildman–Crippen MR) is 228 cm³/mol. The van der Waals surface area contributed by atoms with E-state index in [0.717, 1.165) is 22.3 Å². The summed E-state index contributed by atoms with van der Waals surface area (Å²) >= 11 is 0. The van der Waals surface area contributed by atoms with Gasteiger partial charge in [-0.25, -0.2) is 0 Å². The van der Waals surface area contributed by atoms with Gasteiger partial charge in [0, 0.05) is 0 Å². The Morgan fingerprint density at radius 2 is 0.891 bits per heavy atom. The van der Waals surface area contributed by atoms with Crippen LogP contribution in [0.3, 0.4) is 0 Å². The van der Waals surface area contributed by atoms with E-state index in [1.54, 1.807) is 13.8 Å². The van der Waals surface area contributed by atoms with Crippen LogP contribution in [0.2, 0.25) is 0 Å². The Balaban J connectivity index is 1.12. The van der Waals surface area contributed by atoms with Crippen molar-refractivity contribution < 1.29 is 72.5 Å². The van der Waals surface area contributed by atoms with Gasteiger partial charge in [0.05, 0.1) is 45.7 Å². The van der Waals surface area contributed by atoms with Gasteiger partial charge >= 0.3 is 0 Å². The molecule has 5 unspecified atom stereocenters. The van der Waals surface area contributed by atoms with Gasteiger partial charge in [0.1, 0.15) is 67.1 Å². The van der Waals surface area contributed by atoms with E-state index in [4.69, 9.17) is 52.1 Å². The first-order valence-corrected chi connectivity index (χ1v) is 21.9. The Hall–Kier alpha value is -3.72. The number of hydrogen-bond acceptors (Lipinski definition) is 15. The van der Waals surface area contributed by atoms with Crippen LogP contribution in [-0.4, -0.2) is 132 Å². The van der Waals surface area contributed by atoms with E-state index < -0.39 is 111 Å². The number of aliphatic hydroxyl groups excluding tert-OH is 4. The third-order valence-corrected chi connectivity index (χ3v) is 11.9. The van der Waals surface area contributed by atoms with Crippen molar-refractivity contribution in [3.05, 3.63) is 144 Å². The minimum absolute atomic E-state index is 0.0629. The van der Waals surface area contributed by atoms with Crippen LogP contribution < -0.4 is 0 Å². The summed E-state index contributed by atoms with van der Waals surface area (Å²) < 4.78 is 70.9. The Bertz CT molecular complexity index is 1980. The molecule has 0 saturated carbocycles. The van der Waals surface area contributed by atoms with Gasteiger partial charge in [-0.3, -0.25) is 0 Å². The normalized spacial score (nSPS) is 34.9. The van der Waals surface area contributed by atoms with Crippen molar-refractivity contribution in [2.45, 2.75) is 145 Å². The number of aliphatic hydroxyl groups is 4. The van der Waals surface area contributed by atoms with Crippen LogP contribution in [0.25, 0.3) is 0 Å². The smallest absolute Gasteiger partial charge is 0.187 e. The SMILES string of the molecule is CC1O[C@@H](O[C@H]2C(O)C(OCc3ccccc3)O[C@H](CO)[C@H]2OC2O[C@H](CO)[C@@H]3OC(C)(C)O[C@@H]3C2O)[C@@H](OCc2ccccc2)[C@H](OCc2ccccc2)[C@@H]1OCc1ccccc1. The quantitative estimate of drug-likeness (QED) is 0.112. The molecule has 346 valence electrons. The van der Waals surface area contributed by atoms with E-state index in [-0.39, 0.29) is 26.4 Å². The van der Waals surface area contributed by atoms with Crippen molar-refractivity contribution in [2.24, 2.45) is 0 Å². The second kappa shape index (κ2) is 21.7. The zero-order chi connectivity index (χ0) is 44.6. The van der Waals surface area contributed by atoms with E-state index in [1.165, 1.54) is 0 Å². The monoisotopic (exact) mass is 888 g/mol. The highest BCUT2D eigenvalue weighted by molar-refractivity contribution is 5.16. The first kappa shape index (κ1) is 46.8. The Morgan fingerprint density at radius 3 is 1.41 bits per heavy atom. The van der Waals surface area contributed by atoms with Crippen molar-refractivity contribution in [3.63, 3.8) is 0 Å². The fourth-order valence-electron chi connectivity index (χ4n) is 8.65. The molecule has 4 aliphatic rings. The van der Waals surface area contributed by atoms with E-state index >= 15 is 0 Å². The van der Waals surface area contributed by atoms with Gasteiger partial charge in [0.2, 0.25) is 0 Å². The molecule has 8 rings (SSSR count). The molecule has 4 N–H and O–H groups in total. The molecule has 15 atom stereocenters. The van der Waals surface area contributed by atoms with Gasteiger partial charge in [-0.1, -0.05) is 121 Å². The molecule has 15 nitrogen and oxygen atoms in total. The third kappa shape index (κ3) is 11.3. The summed E-state index contributed by atoms with van der Waals surface area (Å²) in [5, 5.41) is 45.3. The predicted octanol–water partition coefficient (Wildman–Crippen LogP) is 4.15. The van der Waals surface area contributed by atoms with Crippen molar-refractivity contribution >= 4 is 0 Å². The molecule has 0 bridgehead atoms. The standard InChI is InChI=1S/C49H60O15/c1-30-39(54-26-31-16-8-4-9-17-31)44(55-27-32-18-10-5-11-19-32)45(56-28-33-20-12-6-13-21-33)48(58-30)62-42-37(52)46(57-29-34-22-14-7-15-23-34)59-35(24-50)40(42)61-47-38(53)43-41(36(25-51)60-47)63-49(2,3)64-43/h4-23,30,35-48,50-53H,24-29H2,1-3H3/t30?,35-,36-,37?,38?,39-,40-,41+,42+,43-,44-,45+,46?,47?,48+/m1/s1. The summed E-state index contributed by atoms with van der Waals surface area (Å²) in [6.45, 7) is 4.86. The third-order valence-electron chi connectivity index (χ3n) is 11.9. The van der Waals surface area contributed by atoms with Gasteiger partial charge in [0.25, 0.3) is 0 Å². The lowest BCUT2D eigenvalue weighted by Gasteiger charge is -2.50. The lowest BCUT2D eigenvalue weighted by Crippen LogP contribution is -2.67. The number of ether oxygens (including phenoxy) is 11. The second-order valence-electron chi connectivity index (χ2n) is 17.0. The fraction of sp³-hybridized carbons (Fsp3) is 0.510. The van der Waals surface area contributed by atoms with E-state index in [2.05, 4.69) is 0 Å². The Morgan fingerprint density at radius 1 is 0.453 bits per heavy atom. The molecule has 4 aromatic carbocycles. The van der Waals surface area contributed by atoms with E-state index in [9.17, 15) is 20.4 Å². The number of rotatable bonds is 18. The zero-order valence-electron chi connectivity index (χ0n) is 36.2. The number of hydrogen-bond donors (Lipinski definition) is 4. The number of benzene rings is 4. The largest absolute Gasteiger partial charge is 0.394 e. The van der Waals surface area contributed by atoms with Crippen LogP contribution in [0.1, 0.15) is 43.0 Å². The van der Waals surface area contributed by atoms with E-state index in [1.807, 2.05) is 128 Å². The average Bonchev–Trinajstić information content (AvgIpc) is 3.66. The summed E-state index contributed by atoms with van der Waals surface area (Å²) in [5.74, 6) is -1.08. The van der Waals surface area contributed by atoms with Crippen LogP contribution in [0.5, 0.6) is 0 Å². The molecule has 0 radical (unpaired) electrons. The minimum atomic E-state index is -1.56. The molecule has 15 heteroatoms.